The summed E-state index contributed by atoms with van der Waals surface area (Å²) in [5.74, 6) is -0.214. The number of piperidine rings is 1. The molecular formula is C16H20ClF2N5O2. The minimum atomic E-state index is -2.87. The van der Waals surface area contributed by atoms with Gasteiger partial charge in [0, 0.05) is 12.6 Å². The molecule has 10 heteroatoms. The number of nitrogens with one attached hydrogen (secondary N) is 2. The van der Waals surface area contributed by atoms with E-state index < -0.39 is 6.61 Å². The van der Waals surface area contributed by atoms with Crippen molar-refractivity contribution in [1.29, 1.82) is 0 Å². The minimum Gasteiger partial charge on any atom is -0.435 e. The van der Waals surface area contributed by atoms with Crippen LogP contribution in [0, 0.1) is 6.92 Å². The number of amides is 1. The van der Waals surface area contributed by atoms with Crippen molar-refractivity contribution in [2.45, 2.75) is 32.4 Å². The van der Waals surface area contributed by atoms with Gasteiger partial charge in [-0.05, 0) is 50.6 Å². The molecule has 1 atom stereocenters. The predicted molar refractivity (Wildman–Crippen MR) is 93.3 cm³/mol. The van der Waals surface area contributed by atoms with Crippen molar-refractivity contribution in [3.63, 3.8) is 0 Å². The number of hydrogen-bond acceptors (Lipinski definition) is 5. The van der Waals surface area contributed by atoms with Crippen molar-refractivity contribution in [2.24, 2.45) is 0 Å². The van der Waals surface area contributed by atoms with E-state index in [0.717, 1.165) is 25.9 Å². The van der Waals surface area contributed by atoms with Crippen LogP contribution in [0.1, 0.15) is 29.0 Å². The van der Waals surface area contributed by atoms with E-state index in [0.29, 0.717) is 11.4 Å². The number of nitrogens with zero attached hydrogens (tertiary/aromatic N) is 3. The number of ether oxygens (including phenoxy) is 1. The summed E-state index contributed by atoms with van der Waals surface area (Å²) in [7, 11) is 0. The first-order valence-electron chi connectivity index (χ1n) is 8.03. The van der Waals surface area contributed by atoms with Crippen molar-refractivity contribution in [2.75, 3.05) is 13.1 Å². The molecule has 1 fully saturated rings. The Hall–Kier alpha value is -2.26. The first-order chi connectivity index (χ1) is 12.0. The SMILES string of the molecule is Cc1c(C(=O)NC2CCCNC2)nnn1-c1ccc(OC(F)F)cc1.Cl. The average Bonchev–Trinajstić information content (AvgIpc) is 2.98. The Kier molecular flexibility index (Phi) is 6.87. The minimum absolute atomic E-state index is 0. The molecule has 0 saturated carbocycles. The van der Waals surface area contributed by atoms with E-state index in [4.69, 9.17) is 0 Å². The maximum Gasteiger partial charge on any atom is 0.387 e. The van der Waals surface area contributed by atoms with Crippen LogP contribution < -0.4 is 15.4 Å². The van der Waals surface area contributed by atoms with E-state index >= 15 is 0 Å². The second-order valence-corrected chi connectivity index (χ2v) is 5.82. The number of alkyl halides is 2. The van der Waals surface area contributed by atoms with Gasteiger partial charge in [-0.2, -0.15) is 8.78 Å². The summed E-state index contributed by atoms with van der Waals surface area (Å²) in [5, 5.41) is 14.1. The number of hydrogen-bond donors (Lipinski definition) is 2. The molecule has 3 rings (SSSR count). The van der Waals surface area contributed by atoms with Gasteiger partial charge in [-0.25, -0.2) is 4.68 Å². The van der Waals surface area contributed by atoms with Crippen LogP contribution >= 0.6 is 12.4 Å². The van der Waals surface area contributed by atoms with E-state index in [9.17, 15) is 13.6 Å². The molecule has 1 aliphatic heterocycles. The number of aromatic nitrogens is 3. The lowest BCUT2D eigenvalue weighted by molar-refractivity contribution is -0.0498. The van der Waals surface area contributed by atoms with Gasteiger partial charge in [0.1, 0.15) is 5.75 Å². The molecule has 1 unspecified atom stereocenters. The van der Waals surface area contributed by atoms with Crippen LogP contribution in [0.5, 0.6) is 5.75 Å². The van der Waals surface area contributed by atoms with Crippen LogP contribution in [0.15, 0.2) is 24.3 Å². The molecule has 2 N–H and O–H groups in total. The van der Waals surface area contributed by atoms with Crippen molar-refractivity contribution >= 4 is 18.3 Å². The monoisotopic (exact) mass is 387 g/mol. The fraction of sp³-hybridized carbons (Fsp3) is 0.438. The zero-order valence-electron chi connectivity index (χ0n) is 14.1. The van der Waals surface area contributed by atoms with Crippen molar-refractivity contribution in [3.05, 3.63) is 35.7 Å². The summed E-state index contributed by atoms with van der Waals surface area (Å²) >= 11 is 0. The van der Waals surface area contributed by atoms with Gasteiger partial charge in [-0.3, -0.25) is 4.79 Å². The third-order valence-electron chi connectivity index (χ3n) is 4.05. The zero-order chi connectivity index (χ0) is 17.8. The van der Waals surface area contributed by atoms with Gasteiger partial charge in [0.2, 0.25) is 0 Å². The van der Waals surface area contributed by atoms with Crippen LogP contribution in [-0.4, -0.2) is 46.6 Å². The summed E-state index contributed by atoms with van der Waals surface area (Å²) in [4.78, 5) is 12.4. The Morgan fingerprint density at radius 2 is 2.12 bits per heavy atom. The van der Waals surface area contributed by atoms with Gasteiger partial charge in [0.05, 0.1) is 11.4 Å². The van der Waals surface area contributed by atoms with Crippen LogP contribution in [0.4, 0.5) is 8.78 Å². The number of halogens is 3. The molecule has 1 aromatic carbocycles. The molecule has 0 bridgehead atoms. The number of carbonyl (C=O) groups is 1. The Morgan fingerprint density at radius 3 is 2.73 bits per heavy atom. The first-order valence-corrected chi connectivity index (χ1v) is 8.03. The Bertz CT molecular complexity index is 733. The third-order valence-corrected chi connectivity index (χ3v) is 4.05. The summed E-state index contributed by atoms with van der Waals surface area (Å²) in [6, 6.07) is 6.06. The second-order valence-electron chi connectivity index (χ2n) is 5.82. The molecule has 2 heterocycles. The fourth-order valence-corrected chi connectivity index (χ4v) is 2.78. The Morgan fingerprint density at radius 1 is 1.38 bits per heavy atom. The van der Waals surface area contributed by atoms with Gasteiger partial charge in [-0.15, -0.1) is 17.5 Å². The smallest absolute Gasteiger partial charge is 0.387 e. The summed E-state index contributed by atoms with van der Waals surface area (Å²) in [6.07, 6.45) is 1.95. The second kappa shape index (κ2) is 8.91. The van der Waals surface area contributed by atoms with E-state index in [1.54, 1.807) is 19.1 Å². The van der Waals surface area contributed by atoms with Crippen LogP contribution in [-0.2, 0) is 0 Å². The third kappa shape index (κ3) is 4.67. The van der Waals surface area contributed by atoms with E-state index in [1.165, 1.54) is 16.8 Å². The van der Waals surface area contributed by atoms with Crippen molar-refractivity contribution in [3.8, 4) is 11.4 Å². The van der Waals surface area contributed by atoms with Crippen LogP contribution in [0.25, 0.3) is 5.69 Å². The maximum atomic E-state index is 12.4. The molecule has 1 aromatic heterocycles. The van der Waals surface area contributed by atoms with Crippen molar-refractivity contribution < 1.29 is 18.3 Å². The van der Waals surface area contributed by atoms with Gasteiger partial charge < -0.3 is 15.4 Å². The Labute approximate surface area is 155 Å². The highest BCUT2D eigenvalue weighted by molar-refractivity contribution is 5.93. The van der Waals surface area contributed by atoms with Crippen LogP contribution in [0.2, 0.25) is 0 Å². The van der Waals surface area contributed by atoms with Crippen LogP contribution in [0.3, 0.4) is 0 Å². The molecule has 2 aromatic rings. The lowest BCUT2D eigenvalue weighted by Gasteiger charge is -2.23. The van der Waals surface area contributed by atoms with Crippen molar-refractivity contribution in [1.82, 2.24) is 25.6 Å². The molecule has 26 heavy (non-hydrogen) atoms. The highest BCUT2D eigenvalue weighted by Gasteiger charge is 2.21. The molecule has 1 saturated heterocycles. The normalized spacial score (nSPS) is 16.8. The van der Waals surface area contributed by atoms with E-state index in [1.807, 2.05) is 0 Å². The molecule has 0 radical (unpaired) electrons. The molecule has 142 valence electrons. The number of rotatable bonds is 5. The van der Waals surface area contributed by atoms with E-state index in [-0.39, 0.29) is 35.8 Å². The average molecular weight is 388 g/mol. The molecule has 0 spiro atoms. The Balaban J connectivity index is 0.00000243. The lowest BCUT2D eigenvalue weighted by atomic mass is 10.1. The maximum absolute atomic E-state index is 12.4. The standard InChI is InChI=1S/C16H19F2N5O2.ClH/c1-10-14(15(24)20-11-3-2-8-19-9-11)21-22-23(10)12-4-6-13(7-5-12)25-16(17)18;/h4-7,11,16,19H,2-3,8-9H2,1H3,(H,20,24);1H. The summed E-state index contributed by atoms with van der Waals surface area (Å²) in [5.41, 5.74) is 1.42. The molecule has 1 amide bonds. The van der Waals surface area contributed by atoms with Gasteiger partial charge in [0.15, 0.2) is 5.69 Å². The molecule has 1 aliphatic rings. The predicted octanol–water partition coefficient (Wildman–Crippen LogP) is 2.08. The summed E-state index contributed by atoms with van der Waals surface area (Å²) in [6.45, 7) is 0.568. The highest BCUT2D eigenvalue weighted by atomic mass is 35.5. The molecule has 0 aliphatic carbocycles. The largest absolute Gasteiger partial charge is 0.435 e. The highest BCUT2D eigenvalue weighted by Crippen LogP contribution is 2.18. The molecule has 7 nitrogen and oxygen atoms in total. The summed E-state index contributed by atoms with van der Waals surface area (Å²) < 4.78 is 30.2. The number of carbonyl (C=O) groups excluding carboxylic acids is 1. The van der Waals surface area contributed by atoms with Gasteiger partial charge in [-0.1, -0.05) is 5.21 Å². The van der Waals surface area contributed by atoms with E-state index in [2.05, 4.69) is 25.7 Å². The number of benzene rings is 1. The van der Waals surface area contributed by atoms with Gasteiger partial charge >= 0.3 is 6.61 Å². The lowest BCUT2D eigenvalue weighted by Crippen LogP contribution is -2.45. The molecular weight excluding hydrogens is 368 g/mol. The quantitative estimate of drug-likeness (QED) is 0.821. The fourth-order valence-electron chi connectivity index (χ4n) is 2.78. The zero-order valence-corrected chi connectivity index (χ0v) is 14.9. The van der Waals surface area contributed by atoms with Gasteiger partial charge in [0.25, 0.3) is 5.91 Å². The topological polar surface area (TPSA) is 81.1 Å². The first kappa shape index (κ1) is 20.1.